The number of methoxy groups -OCH3 is 1. The Kier molecular flexibility index (Phi) is 6.93. The number of anilines is 1. The smallest absolute Gasteiger partial charge is 0.337 e. The van der Waals surface area contributed by atoms with Crippen molar-refractivity contribution in [3.63, 3.8) is 0 Å². The monoisotopic (exact) mass is 483 g/mol. The van der Waals surface area contributed by atoms with E-state index in [1.807, 2.05) is 0 Å². The summed E-state index contributed by atoms with van der Waals surface area (Å²) in [5, 5.41) is 7.18. The molecule has 1 amide bonds. The van der Waals surface area contributed by atoms with Crippen LogP contribution in [-0.4, -0.2) is 28.8 Å². The molecule has 4 aromatic rings. The van der Waals surface area contributed by atoms with E-state index < -0.39 is 17.7 Å². The van der Waals surface area contributed by atoms with Gasteiger partial charge in [0, 0.05) is 11.2 Å². The maximum Gasteiger partial charge on any atom is 0.337 e. The van der Waals surface area contributed by atoms with Crippen molar-refractivity contribution in [1.82, 2.24) is 9.78 Å². The van der Waals surface area contributed by atoms with Gasteiger partial charge in [0.2, 0.25) is 0 Å². The van der Waals surface area contributed by atoms with Crippen LogP contribution in [0.5, 0.6) is 5.75 Å². The van der Waals surface area contributed by atoms with Crippen molar-refractivity contribution in [3.8, 4) is 5.75 Å². The van der Waals surface area contributed by atoms with E-state index in [2.05, 4.69) is 15.2 Å². The number of carbonyl (C=O) groups excluding carboxylic acids is 2. The maximum atomic E-state index is 13.2. The van der Waals surface area contributed by atoms with Gasteiger partial charge in [-0.05, 0) is 54.1 Å². The molecule has 2 aromatic carbocycles. The summed E-state index contributed by atoms with van der Waals surface area (Å²) < 4.78 is 30.6. The van der Waals surface area contributed by atoms with Gasteiger partial charge in [-0.15, -0.1) is 0 Å². The van der Waals surface area contributed by atoms with Crippen molar-refractivity contribution in [2.24, 2.45) is 0 Å². The predicted molar refractivity (Wildman–Crippen MR) is 122 cm³/mol. The van der Waals surface area contributed by atoms with Crippen LogP contribution in [0.4, 0.5) is 10.1 Å². The molecule has 0 aliphatic heterocycles. The third-order valence-corrected chi connectivity index (χ3v) is 5.13. The van der Waals surface area contributed by atoms with Crippen LogP contribution in [0.1, 0.15) is 32.2 Å². The van der Waals surface area contributed by atoms with E-state index in [1.165, 1.54) is 31.5 Å². The van der Waals surface area contributed by atoms with Gasteiger partial charge in [0.1, 0.15) is 23.9 Å². The van der Waals surface area contributed by atoms with Gasteiger partial charge in [-0.2, -0.15) is 5.10 Å². The number of esters is 1. The molecular formula is C24H19ClFN3O5. The lowest BCUT2D eigenvalue weighted by Gasteiger charge is -2.05. The highest BCUT2D eigenvalue weighted by Crippen LogP contribution is 2.20. The number of ether oxygens (including phenoxy) is 2. The van der Waals surface area contributed by atoms with Crippen LogP contribution >= 0.6 is 11.6 Å². The van der Waals surface area contributed by atoms with E-state index >= 15 is 0 Å². The third-order valence-electron chi connectivity index (χ3n) is 4.78. The number of furan rings is 1. The Morgan fingerprint density at radius 1 is 1.15 bits per heavy atom. The summed E-state index contributed by atoms with van der Waals surface area (Å²) in [6, 6.07) is 13.8. The highest BCUT2D eigenvalue weighted by molar-refractivity contribution is 6.31. The number of nitrogens with one attached hydrogen (secondary N) is 1. The first-order valence-electron chi connectivity index (χ1n) is 10.1. The van der Waals surface area contributed by atoms with Gasteiger partial charge in [0.25, 0.3) is 5.91 Å². The van der Waals surface area contributed by atoms with E-state index in [9.17, 15) is 14.0 Å². The molecule has 1 N–H and O–H groups in total. The second-order valence-corrected chi connectivity index (χ2v) is 7.59. The van der Waals surface area contributed by atoms with E-state index in [-0.39, 0.29) is 12.4 Å². The van der Waals surface area contributed by atoms with E-state index in [0.717, 1.165) is 0 Å². The Labute approximate surface area is 198 Å². The van der Waals surface area contributed by atoms with E-state index in [4.69, 9.17) is 20.8 Å². The van der Waals surface area contributed by atoms with Crippen molar-refractivity contribution in [2.75, 3.05) is 12.4 Å². The fraction of sp³-hybridized carbons (Fsp3) is 0.125. The maximum absolute atomic E-state index is 13.2. The minimum atomic E-state index is -0.451. The molecule has 0 fully saturated rings. The summed E-state index contributed by atoms with van der Waals surface area (Å²) in [5.74, 6) is -0.213. The van der Waals surface area contributed by atoms with Crippen LogP contribution in [0.25, 0.3) is 0 Å². The quantitative estimate of drug-likeness (QED) is 0.357. The van der Waals surface area contributed by atoms with Gasteiger partial charge in [0.05, 0.1) is 31.1 Å². The lowest BCUT2D eigenvalue weighted by molar-refractivity contribution is 0.0600. The molecule has 0 saturated carbocycles. The zero-order valence-electron chi connectivity index (χ0n) is 18.0. The number of rotatable bonds is 8. The molecule has 0 unspecified atom stereocenters. The number of hydrogen-bond donors (Lipinski definition) is 1. The first kappa shape index (κ1) is 23.1. The van der Waals surface area contributed by atoms with Crippen LogP contribution in [0, 0.1) is 5.82 Å². The minimum Gasteiger partial charge on any atom is -0.486 e. The molecule has 0 bridgehead atoms. The fourth-order valence-electron chi connectivity index (χ4n) is 3.07. The summed E-state index contributed by atoms with van der Waals surface area (Å²) in [6.07, 6.45) is 3.11. The summed E-state index contributed by atoms with van der Waals surface area (Å²) >= 11 is 6.05. The molecule has 0 saturated heterocycles. The molecule has 2 aromatic heterocycles. The summed E-state index contributed by atoms with van der Waals surface area (Å²) in [5.41, 5.74) is 1.57. The molecule has 0 aliphatic carbocycles. The molecule has 0 spiro atoms. The number of halogens is 2. The lowest BCUT2D eigenvalue weighted by atomic mass is 10.2. The van der Waals surface area contributed by atoms with Gasteiger partial charge in [-0.1, -0.05) is 17.7 Å². The average molecular weight is 484 g/mol. The van der Waals surface area contributed by atoms with Gasteiger partial charge in [-0.25, -0.2) is 9.18 Å². The SMILES string of the molecule is COC(=O)c1ccc(OCc2ccc(C(=O)Nc3cnn(Cc4ccc(F)cc4Cl)c3)o2)cc1. The molecule has 2 heterocycles. The summed E-state index contributed by atoms with van der Waals surface area (Å²) in [7, 11) is 1.31. The molecule has 34 heavy (non-hydrogen) atoms. The van der Waals surface area contributed by atoms with Crippen LogP contribution in [0.3, 0.4) is 0 Å². The van der Waals surface area contributed by atoms with Gasteiger partial charge >= 0.3 is 5.97 Å². The highest BCUT2D eigenvalue weighted by atomic mass is 35.5. The van der Waals surface area contributed by atoms with Crippen molar-refractivity contribution >= 4 is 29.2 Å². The second kappa shape index (κ2) is 10.2. The third kappa shape index (κ3) is 5.62. The second-order valence-electron chi connectivity index (χ2n) is 7.19. The van der Waals surface area contributed by atoms with E-state index in [1.54, 1.807) is 47.3 Å². The van der Waals surface area contributed by atoms with Crippen LogP contribution in [0.15, 0.2) is 71.4 Å². The van der Waals surface area contributed by atoms with Gasteiger partial charge in [0.15, 0.2) is 5.76 Å². The minimum absolute atomic E-state index is 0.0984. The Bertz CT molecular complexity index is 1320. The molecule has 0 atom stereocenters. The molecule has 0 aliphatic rings. The predicted octanol–water partition coefficient (Wildman–Crippen LogP) is 4.93. The van der Waals surface area contributed by atoms with Gasteiger partial charge < -0.3 is 19.2 Å². The zero-order valence-corrected chi connectivity index (χ0v) is 18.7. The van der Waals surface area contributed by atoms with Crippen molar-refractivity contribution in [3.05, 3.63) is 100 Å². The molecule has 4 rings (SSSR count). The Morgan fingerprint density at radius 3 is 2.68 bits per heavy atom. The summed E-state index contributed by atoms with van der Waals surface area (Å²) in [6.45, 7) is 0.416. The zero-order chi connectivity index (χ0) is 24.1. The molecule has 0 radical (unpaired) electrons. The number of benzene rings is 2. The standard InChI is InChI=1S/C24H19ClFN3O5/c1-32-24(31)15-3-6-19(7-4-15)33-14-20-8-9-22(34-20)23(30)28-18-11-27-29(13-18)12-16-2-5-17(26)10-21(16)25/h2-11,13H,12,14H2,1H3,(H,28,30). The lowest BCUT2D eigenvalue weighted by Crippen LogP contribution is -2.10. The molecule has 174 valence electrons. The topological polar surface area (TPSA) is 95.6 Å². The molecule has 10 heteroatoms. The number of amides is 1. The largest absolute Gasteiger partial charge is 0.486 e. The Balaban J connectivity index is 1.31. The van der Waals surface area contributed by atoms with E-state index in [0.29, 0.717) is 39.9 Å². The van der Waals surface area contributed by atoms with Crippen LogP contribution < -0.4 is 10.1 Å². The first-order valence-corrected chi connectivity index (χ1v) is 10.5. The highest BCUT2D eigenvalue weighted by Gasteiger charge is 2.14. The number of nitrogens with zero attached hydrogens (tertiary/aromatic N) is 2. The normalized spacial score (nSPS) is 10.7. The Hall–Kier alpha value is -4.11. The Morgan fingerprint density at radius 2 is 1.94 bits per heavy atom. The van der Waals surface area contributed by atoms with Crippen molar-refractivity contribution < 1.29 is 27.9 Å². The first-order chi connectivity index (χ1) is 16.4. The van der Waals surface area contributed by atoms with Crippen LogP contribution in [-0.2, 0) is 17.9 Å². The number of aromatic nitrogens is 2. The molecule has 8 nitrogen and oxygen atoms in total. The number of hydrogen-bond acceptors (Lipinski definition) is 6. The van der Waals surface area contributed by atoms with Gasteiger partial charge in [-0.3, -0.25) is 9.48 Å². The summed E-state index contributed by atoms with van der Waals surface area (Å²) in [4.78, 5) is 24.0. The van der Waals surface area contributed by atoms with Crippen molar-refractivity contribution in [2.45, 2.75) is 13.2 Å². The van der Waals surface area contributed by atoms with Crippen LogP contribution in [0.2, 0.25) is 5.02 Å². The molecular weight excluding hydrogens is 465 g/mol. The number of carbonyl (C=O) groups is 2. The fourth-order valence-corrected chi connectivity index (χ4v) is 3.30. The average Bonchev–Trinajstić information content (AvgIpc) is 3.49. The van der Waals surface area contributed by atoms with Crippen molar-refractivity contribution in [1.29, 1.82) is 0 Å².